The summed E-state index contributed by atoms with van der Waals surface area (Å²) in [4.78, 5) is 6.31. The molecule has 0 saturated heterocycles. The zero-order valence-electron chi connectivity index (χ0n) is 12.8. The molecule has 0 fully saturated rings. The molecule has 0 aliphatic heterocycles. The van der Waals surface area contributed by atoms with E-state index < -0.39 is 6.10 Å². The first-order valence-corrected chi connectivity index (χ1v) is 7.58. The molecule has 0 aromatic carbocycles. The third-order valence-corrected chi connectivity index (χ3v) is 3.56. The molecular weight excluding hydrogens is 255 g/mol. The van der Waals surface area contributed by atoms with Gasteiger partial charge in [0.15, 0.2) is 0 Å². The molecule has 1 N–H and O–H groups in total. The molecule has 20 heavy (non-hydrogen) atoms. The van der Waals surface area contributed by atoms with E-state index in [1.165, 1.54) is 25.3 Å². The van der Waals surface area contributed by atoms with E-state index in [1.807, 2.05) is 0 Å². The second kappa shape index (κ2) is 9.03. The first-order valence-electron chi connectivity index (χ1n) is 7.58. The van der Waals surface area contributed by atoms with Crippen molar-refractivity contribution in [3.8, 4) is 0 Å². The van der Waals surface area contributed by atoms with Gasteiger partial charge in [-0.1, -0.05) is 19.8 Å². The van der Waals surface area contributed by atoms with Gasteiger partial charge < -0.3 is 10.0 Å². The van der Waals surface area contributed by atoms with Gasteiger partial charge in [-0.15, -0.1) is 0 Å². The van der Waals surface area contributed by atoms with E-state index in [0.29, 0.717) is 18.2 Å². The molecule has 0 spiro atoms. The van der Waals surface area contributed by atoms with Gasteiger partial charge in [0.25, 0.3) is 0 Å². The summed E-state index contributed by atoms with van der Waals surface area (Å²) in [5.41, 5.74) is 0.545. The summed E-state index contributed by atoms with van der Waals surface area (Å²) in [6.07, 6.45) is 4.81. The number of unbranched alkanes of at least 4 members (excludes halogenated alkanes) is 2. The third kappa shape index (κ3) is 5.97. The Bertz CT molecular complexity index is 367. The van der Waals surface area contributed by atoms with Gasteiger partial charge in [0.2, 0.25) is 0 Å². The minimum Gasteiger partial charge on any atom is -0.387 e. The lowest BCUT2D eigenvalue weighted by atomic mass is 10.1. The minimum atomic E-state index is -0.622. The number of hydrogen-bond donors (Lipinski definition) is 1. The van der Waals surface area contributed by atoms with Crippen molar-refractivity contribution >= 4 is 0 Å². The first-order chi connectivity index (χ1) is 9.54. The van der Waals surface area contributed by atoms with Crippen molar-refractivity contribution in [2.45, 2.75) is 58.6 Å². The van der Waals surface area contributed by atoms with Crippen LogP contribution >= 0.6 is 0 Å². The Morgan fingerprint density at radius 2 is 2.00 bits per heavy atom. The summed E-state index contributed by atoms with van der Waals surface area (Å²) in [6, 6.07) is 3.37. The van der Waals surface area contributed by atoms with Crippen molar-refractivity contribution in [2.24, 2.45) is 0 Å². The Balaban J connectivity index is 2.43. The maximum Gasteiger partial charge on any atom is 0.141 e. The topological polar surface area (TPSA) is 36.4 Å². The van der Waals surface area contributed by atoms with Crippen LogP contribution in [-0.2, 0) is 0 Å². The van der Waals surface area contributed by atoms with Crippen molar-refractivity contribution in [3.05, 3.63) is 29.8 Å². The summed E-state index contributed by atoms with van der Waals surface area (Å²) in [7, 11) is 0. The van der Waals surface area contributed by atoms with Crippen molar-refractivity contribution < 1.29 is 9.50 Å². The normalized spacial score (nSPS) is 13.2. The lowest BCUT2D eigenvalue weighted by Crippen LogP contribution is -2.33. The molecule has 0 aliphatic rings. The van der Waals surface area contributed by atoms with Crippen LogP contribution < -0.4 is 0 Å². The van der Waals surface area contributed by atoms with Crippen LogP contribution in [0.5, 0.6) is 0 Å². The fraction of sp³-hybridized carbons (Fsp3) is 0.688. The number of aromatic nitrogens is 1. The van der Waals surface area contributed by atoms with Gasteiger partial charge in [-0.25, -0.2) is 4.39 Å². The Kier molecular flexibility index (Phi) is 7.70. The second-order valence-corrected chi connectivity index (χ2v) is 5.54. The predicted molar refractivity (Wildman–Crippen MR) is 80.0 cm³/mol. The lowest BCUT2D eigenvalue weighted by Gasteiger charge is -2.27. The molecule has 0 aliphatic carbocycles. The third-order valence-electron chi connectivity index (χ3n) is 3.56. The Morgan fingerprint density at radius 3 is 2.55 bits per heavy atom. The van der Waals surface area contributed by atoms with Gasteiger partial charge in [-0.3, -0.25) is 4.98 Å². The van der Waals surface area contributed by atoms with Crippen molar-refractivity contribution in [1.29, 1.82) is 0 Å². The average Bonchev–Trinajstić information content (AvgIpc) is 2.42. The van der Waals surface area contributed by atoms with Gasteiger partial charge in [-0.05, 0) is 45.4 Å². The van der Waals surface area contributed by atoms with Crippen molar-refractivity contribution in [1.82, 2.24) is 9.88 Å². The van der Waals surface area contributed by atoms with Crippen molar-refractivity contribution in [3.63, 3.8) is 0 Å². The van der Waals surface area contributed by atoms with Gasteiger partial charge in [0.1, 0.15) is 5.82 Å². The smallest absolute Gasteiger partial charge is 0.141 e. The summed E-state index contributed by atoms with van der Waals surface area (Å²) in [5.74, 6) is -0.371. The Hall–Kier alpha value is -1.00. The van der Waals surface area contributed by atoms with E-state index in [-0.39, 0.29) is 5.82 Å². The van der Waals surface area contributed by atoms with Crippen LogP contribution in [-0.4, -0.2) is 34.1 Å². The van der Waals surface area contributed by atoms with Crippen LogP contribution in [0.4, 0.5) is 4.39 Å². The minimum absolute atomic E-state index is 0.371. The Morgan fingerprint density at radius 1 is 1.25 bits per heavy atom. The van der Waals surface area contributed by atoms with Crippen LogP contribution in [0, 0.1) is 5.82 Å². The highest BCUT2D eigenvalue weighted by atomic mass is 19.1. The molecule has 1 unspecified atom stereocenters. The predicted octanol–water partition coefficient (Wildman–Crippen LogP) is 3.54. The van der Waals surface area contributed by atoms with E-state index in [2.05, 4.69) is 30.7 Å². The molecule has 1 aromatic heterocycles. The van der Waals surface area contributed by atoms with E-state index in [0.717, 1.165) is 19.3 Å². The number of hydrogen-bond acceptors (Lipinski definition) is 3. The average molecular weight is 282 g/mol. The molecule has 3 nitrogen and oxygen atoms in total. The molecule has 1 aromatic rings. The molecule has 1 atom stereocenters. The molecule has 1 rings (SSSR count). The van der Waals surface area contributed by atoms with E-state index in [1.54, 1.807) is 6.07 Å². The number of nitrogens with zero attached hydrogens (tertiary/aromatic N) is 2. The zero-order chi connectivity index (χ0) is 15.0. The summed E-state index contributed by atoms with van der Waals surface area (Å²) in [5, 5.41) is 10.1. The van der Waals surface area contributed by atoms with E-state index >= 15 is 0 Å². The molecule has 114 valence electrons. The zero-order valence-corrected chi connectivity index (χ0v) is 12.8. The quantitative estimate of drug-likeness (QED) is 0.704. The van der Waals surface area contributed by atoms with Crippen LogP contribution in [0.25, 0.3) is 0 Å². The molecule has 1 heterocycles. The van der Waals surface area contributed by atoms with Crippen LogP contribution in [0.3, 0.4) is 0 Å². The number of pyridine rings is 1. The number of aliphatic hydroxyl groups is 1. The summed E-state index contributed by atoms with van der Waals surface area (Å²) in [6.45, 7) is 8.45. The molecule has 4 heteroatoms. The second-order valence-electron chi connectivity index (χ2n) is 5.54. The molecule has 0 radical (unpaired) electrons. The van der Waals surface area contributed by atoms with Crippen LogP contribution in [0.2, 0.25) is 0 Å². The van der Waals surface area contributed by atoms with Crippen molar-refractivity contribution in [2.75, 3.05) is 13.1 Å². The fourth-order valence-electron chi connectivity index (χ4n) is 2.21. The fourth-order valence-corrected chi connectivity index (χ4v) is 2.21. The maximum absolute atomic E-state index is 12.8. The highest BCUT2D eigenvalue weighted by Crippen LogP contribution is 2.16. The van der Waals surface area contributed by atoms with Gasteiger partial charge in [0.05, 0.1) is 18.0 Å². The van der Waals surface area contributed by atoms with Crippen LogP contribution in [0.15, 0.2) is 18.3 Å². The summed E-state index contributed by atoms with van der Waals surface area (Å²) >= 11 is 0. The molecule has 0 amide bonds. The monoisotopic (exact) mass is 282 g/mol. The molecular formula is C16H27FN2O. The molecule has 0 bridgehead atoms. The summed E-state index contributed by atoms with van der Waals surface area (Å²) < 4.78 is 12.8. The highest BCUT2D eigenvalue weighted by molar-refractivity contribution is 5.07. The standard InChI is InChI=1S/C16H27FN2O/c1-4-5-6-10-19(13(2)3)11-9-16(20)15-8-7-14(17)12-18-15/h7-8,12-13,16,20H,4-6,9-11H2,1-3H3. The lowest BCUT2D eigenvalue weighted by molar-refractivity contribution is 0.126. The van der Waals surface area contributed by atoms with Gasteiger partial charge in [0, 0.05) is 12.6 Å². The highest BCUT2D eigenvalue weighted by Gasteiger charge is 2.14. The largest absolute Gasteiger partial charge is 0.387 e. The first kappa shape index (κ1) is 17.1. The van der Waals surface area contributed by atoms with E-state index in [4.69, 9.17) is 0 Å². The number of rotatable bonds is 9. The number of aliphatic hydroxyl groups excluding tert-OH is 1. The SMILES string of the molecule is CCCCCN(CCC(O)c1ccc(F)cn1)C(C)C. The van der Waals surface area contributed by atoms with Gasteiger partial charge in [-0.2, -0.15) is 0 Å². The van der Waals surface area contributed by atoms with E-state index in [9.17, 15) is 9.50 Å². The maximum atomic E-state index is 12.8. The molecule has 0 saturated carbocycles. The van der Waals surface area contributed by atoms with Gasteiger partial charge >= 0.3 is 0 Å². The van der Waals surface area contributed by atoms with Crippen LogP contribution in [0.1, 0.15) is 58.3 Å². The number of halogens is 1. The Labute approximate surface area is 121 Å².